The van der Waals surface area contributed by atoms with Crippen LogP contribution in [-0.2, 0) is 19.4 Å². The molecule has 0 aromatic heterocycles. The summed E-state index contributed by atoms with van der Waals surface area (Å²) in [6, 6.07) is 28.4. The van der Waals surface area contributed by atoms with E-state index in [4.69, 9.17) is 20.4 Å². The second-order valence-corrected chi connectivity index (χ2v) is 9.70. The predicted octanol–water partition coefficient (Wildman–Crippen LogP) is 8.82. The maximum Gasteiger partial charge on any atom is 0.115 e. The van der Waals surface area contributed by atoms with Crippen molar-refractivity contribution in [2.45, 2.75) is 55.4 Å². The number of phenolic OH excluding ortho intramolecular Hbond substituents is 4. The van der Waals surface area contributed by atoms with Gasteiger partial charge >= 0.3 is 43.5 Å². The Hall–Kier alpha value is -3.36. The molecule has 0 unspecified atom stereocenters. The van der Waals surface area contributed by atoms with Crippen LogP contribution in [0.25, 0.3) is 0 Å². The van der Waals surface area contributed by atoms with Crippen LogP contribution in [0.5, 0.6) is 23.0 Å². The average molecular weight is 703 g/mol. The molecule has 5 heteroatoms. The first-order chi connectivity index (χ1) is 18.4. The van der Waals surface area contributed by atoms with Crippen LogP contribution in [0.1, 0.15) is 49.9 Å². The van der Waals surface area contributed by atoms with E-state index in [0.29, 0.717) is 23.0 Å². The molecule has 0 aliphatic rings. The summed E-state index contributed by atoms with van der Waals surface area (Å²) in [6.07, 6.45) is 0. The number of hydrogen-bond acceptors (Lipinski definition) is 4. The van der Waals surface area contributed by atoms with Gasteiger partial charge in [-0.15, -0.1) is 0 Å². The number of rotatable bonds is 1. The zero-order valence-electron chi connectivity index (χ0n) is 24.6. The minimum absolute atomic E-state index is 0.329. The summed E-state index contributed by atoms with van der Waals surface area (Å²) >= 11 is 1.58. The number of phenols is 4. The second-order valence-electron chi connectivity index (χ2n) is 8.72. The number of aryl methyl sites for hydroxylation is 4. The molecule has 4 aromatic carbocycles. The fourth-order valence-corrected chi connectivity index (χ4v) is 2.18. The van der Waals surface area contributed by atoms with Gasteiger partial charge in [0.1, 0.15) is 23.0 Å². The third-order valence-electron chi connectivity index (χ3n) is 4.41. The van der Waals surface area contributed by atoms with Crippen LogP contribution >= 0.6 is 0 Å². The van der Waals surface area contributed by atoms with E-state index in [2.05, 4.69) is 18.2 Å². The van der Waals surface area contributed by atoms with E-state index in [9.17, 15) is 0 Å². The third kappa shape index (κ3) is 24.7. The average Bonchev–Trinajstić information content (AvgIpc) is 2.93. The minimum Gasteiger partial charge on any atom is -0.508 e. The van der Waals surface area contributed by atoms with Crippen LogP contribution in [0.4, 0.5) is 0 Å². The van der Waals surface area contributed by atoms with Gasteiger partial charge in [0.2, 0.25) is 0 Å². The molecule has 0 amide bonds. The number of benzene rings is 4. The van der Waals surface area contributed by atoms with E-state index < -0.39 is 0 Å². The quantitative estimate of drug-likeness (QED) is 0.160. The molecule has 0 saturated carbocycles. The van der Waals surface area contributed by atoms with Crippen molar-refractivity contribution in [1.29, 1.82) is 0 Å². The first-order valence-corrected chi connectivity index (χ1v) is 14.6. The molecule has 4 rings (SSSR count). The Morgan fingerprint density at radius 1 is 0.436 bits per heavy atom. The summed E-state index contributed by atoms with van der Waals surface area (Å²) in [7, 11) is 0. The Kier molecular flexibility index (Phi) is 23.0. The zero-order chi connectivity index (χ0) is 30.2. The van der Waals surface area contributed by atoms with Gasteiger partial charge in [-0.1, -0.05) is 84.6 Å². The van der Waals surface area contributed by atoms with Gasteiger partial charge in [0.15, 0.2) is 0 Å². The van der Waals surface area contributed by atoms with Crippen LogP contribution in [0.15, 0.2) is 97.1 Å². The molecule has 0 saturated heterocycles. The molecule has 4 aromatic rings. The Morgan fingerprint density at radius 3 is 0.641 bits per heavy atom. The van der Waals surface area contributed by atoms with Crippen LogP contribution in [0, 0.1) is 33.6 Å². The number of hydrogen-bond donors (Lipinski definition) is 4. The molecule has 0 atom stereocenters. The van der Waals surface area contributed by atoms with E-state index in [1.807, 2.05) is 90.1 Å². The van der Waals surface area contributed by atoms with Crippen molar-refractivity contribution in [3.63, 3.8) is 0 Å². The van der Waals surface area contributed by atoms with Gasteiger partial charge in [0, 0.05) is 0 Å². The van der Waals surface area contributed by atoms with E-state index in [0.717, 1.165) is 5.92 Å². The van der Waals surface area contributed by atoms with Crippen molar-refractivity contribution in [1.82, 2.24) is 0 Å². The van der Waals surface area contributed by atoms with Crippen LogP contribution in [0.2, 0.25) is 0 Å². The number of aromatic hydroxyl groups is 4. The van der Waals surface area contributed by atoms with Crippen LogP contribution in [-0.4, -0.2) is 24.8 Å². The molecule has 0 spiro atoms. The molecule has 0 bridgehead atoms. The molecule has 0 heterocycles. The first-order valence-electron chi connectivity index (χ1n) is 12.9. The van der Waals surface area contributed by atoms with Crippen molar-refractivity contribution < 1.29 is 39.8 Å². The zero-order valence-corrected chi connectivity index (χ0v) is 27.5. The molecule has 39 heavy (non-hydrogen) atoms. The van der Waals surface area contributed by atoms with E-state index in [-0.39, 0.29) is 0 Å². The van der Waals surface area contributed by atoms with Gasteiger partial charge in [0.05, 0.1) is 0 Å². The largest absolute Gasteiger partial charge is 0.508 e. The SMILES string of the molecule is CC.CC(C)[CH]=[W].Cc1ccc(O)cc1.Cc1ccc(O)cc1.Cc1ccc(O)cc1.Cc1ccc(O)cc1. The summed E-state index contributed by atoms with van der Waals surface area (Å²) in [4.78, 5) is 0. The van der Waals surface area contributed by atoms with Gasteiger partial charge in [-0.25, -0.2) is 0 Å². The molecular formula is C34H46O4W. The fraction of sp³-hybridized carbons (Fsp3) is 0.265. The summed E-state index contributed by atoms with van der Waals surface area (Å²) in [5.41, 5.74) is 4.68. The molecule has 0 aliphatic carbocycles. The standard InChI is InChI=1S/4C7H8O.C4H8.C2H6.W/c4*1-6-2-4-7(8)5-3-6;1-4(2)3;1-2;/h4*2-5,8H,1H3;1,4H,2-3H3;1-2H3;. The van der Waals surface area contributed by atoms with Crippen molar-refractivity contribution in [3.05, 3.63) is 119 Å². The Bertz CT molecular complexity index is 846. The Morgan fingerprint density at radius 2 is 0.564 bits per heavy atom. The van der Waals surface area contributed by atoms with E-state index in [1.54, 1.807) is 67.9 Å². The summed E-state index contributed by atoms with van der Waals surface area (Å²) in [6.45, 7) is 16.3. The molecule has 0 aliphatic heterocycles. The van der Waals surface area contributed by atoms with Gasteiger partial charge in [-0.05, 0) is 76.2 Å². The summed E-state index contributed by atoms with van der Waals surface area (Å²) in [5.74, 6) is 2.11. The molecule has 4 N–H and O–H groups in total. The minimum atomic E-state index is 0.329. The van der Waals surface area contributed by atoms with Crippen LogP contribution in [0.3, 0.4) is 0 Å². The Labute approximate surface area is 247 Å². The van der Waals surface area contributed by atoms with E-state index in [1.165, 1.54) is 22.3 Å². The molecule has 212 valence electrons. The summed E-state index contributed by atoms with van der Waals surface area (Å²) < 4.78 is 2.25. The fourth-order valence-electron chi connectivity index (χ4n) is 2.18. The van der Waals surface area contributed by atoms with Gasteiger partial charge in [-0.3, -0.25) is 0 Å². The third-order valence-corrected chi connectivity index (χ3v) is 6.36. The second kappa shape index (κ2) is 23.7. The van der Waals surface area contributed by atoms with Crippen molar-refractivity contribution in [2.24, 2.45) is 5.92 Å². The van der Waals surface area contributed by atoms with Gasteiger partial charge in [-0.2, -0.15) is 0 Å². The maximum absolute atomic E-state index is 8.76. The molecular weight excluding hydrogens is 656 g/mol. The first kappa shape index (κ1) is 37.8. The van der Waals surface area contributed by atoms with Gasteiger partial charge < -0.3 is 20.4 Å². The normalized spacial score (nSPS) is 8.74. The monoisotopic (exact) mass is 702 g/mol. The van der Waals surface area contributed by atoms with E-state index >= 15 is 0 Å². The Balaban J connectivity index is 0. The smallest absolute Gasteiger partial charge is 0.115 e. The van der Waals surface area contributed by atoms with Crippen molar-refractivity contribution in [2.75, 3.05) is 0 Å². The maximum atomic E-state index is 8.76. The molecule has 4 nitrogen and oxygen atoms in total. The molecule has 0 fully saturated rings. The van der Waals surface area contributed by atoms with Gasteiger partial charge in [0.25, 0.3) is 0 Å². The van der Waals surface area contributed by atoms with Crippen LogP contribution < -0.4 is 0 Å². The van der Waals surface area contributed by atoms with Crippen molar-refractivity contribution >= 4 is 4.40 Å². The molecule has 0 radical (unpaired) electrons. The topological polar surface area (TPSA) is 80.9 Å². The predicted molar refractivity (Wildman–Crippen MR) is 164 cm³/mol. The van der Waals surface area contributed by atoms with Crippen molar-refractivity contribution in [3.8, 4) is 23.0 Å². The summed E-state index contributed by atoms with van der Waals surface area (Å²) in [5, 5.41) is 35.0.